The van der Waals surface area contributed by atoms with Crippen molar-refractivity contribution in [3.05, 3.63) is 18.0 Å². The Balaban J connectivity index is 3.02. The van der Waals surface area contributed by atoms with Gasteiger partial charge in [-0.15, -0.1) is 0 Å². The Kier molecular flexibility index (Phi) is 5.78. The van der Waals surface area contributed by atoms with Crippen molar-refractivity contribution < 1.29 is 5.11 Å². The second-order valence-electron chi connectivity index (χ2n) is 5.02. The zero-order valence-electron chi connectivity index (χ0n) is 11.9. The van der Waals surface area contributed by atoms with Crippen LogP contribution in [0.2, 0.25) is 0 Å². The van der Waals surface area contributed by atoms with Crippen LogP contribution >= 0.6 is 0 Å². The first-order valence-electron chi connectivity index (χ1n) is 6.62. The van der Waals surface area contributed by atoms with Crippen LogP contribution in [-0.4, -0.2) is 45.0 Å². The predicted molar refractivity (Wildman–Crippen MR) is 73.1 cm³/mol. The number of aliphatic hydroxyl groups is 1. The van der Waals surface area contributed by atoms with Crippen LogP contribution in [0.15, 0.2) is 12.4 Å². The Hall–Kier alpha value is -0.910. The standard InChI is InChI=1S/C13H26N4O/c1-5-12(14)13(11-8-15-16(4)9-11)17(6-7-18)10(2)3/h8-10,12-13,18H,5-7,14H2,1-4H3. The average molecular weight is 254 g/mol. The fourth-order valence-electron chi connectivity index (χ4n) is 2.33. The lowest BCUT2D eigenvalue weighted by Crippen LogP contribution is -2.45. The summed E-state index contributed by atoms with van der Waals surface area (Å²) in [5.74, 6) is 0. The fourth-order valence-corrected chi connectivity index (χ4v) is 2.33. The van der Waals surface area contributed by atoms with Crippen molar-refractivity contribution in [2.45, 2.75) is 45.3 Å². The van der Waals surface area contributed by atoms with Gasteiger partial charge in [-0.3, -0.25) is 9.58 Å². The zero-order valence-corrected chi connectivity index (χ0v) is 11.9. The lowest BCUT2D eigenvalue weighted by atomic mass is 9.97. The maximum atomic E-state index is 9.24. The second kappa shape index (κ2) is 6.87. The molecular weight excluding hydrogens is 228 g/mol. The van der Waals surface area contributed by atoms with Gasteiger partial charge in [-0.1, -0.05) is 6.92 Å². The molecule has 0 aliphatic rings. The van der Waals surface area contributed by atoms with Crippen LogP contribution in [0, 0.1) is 0 Å². The molecule has 0 aliphatic heterocycles. The van der Waals surface area contributed by atoms with Gasteiger partial charge in [-0.05, 0) is 20.3 Å². The van der Waals surface area contributed by atoms with Gasteiger partial charge in [-0.25, -0.2) is 0 Å². The largest absolute Gasteiger partial charge is 0.395 e. The molecule has 1 aromatic heterocycles. The minimum atomic E-state index is 0.0446. The van der Waals surface area contributed by atoms with Crippen LogP contribution in [0.4, 0.5) is 0 Å². The molecule has 1 heterocycles. The minimum absolute atomic E-state index is 0.0446. The highest BCUT2D eigenvalue weighted by atomic mass is 16.3. The monoisotopic (exact) mass is 254 g/mol. The molecule has 2 unspecified atom stereocenters. The van der Waals surface area contributed by atoms with Gasteiger partial charge >= 0.3 is 0 Å². The molecule has 1 aromatic rings. The summed E-state index contributed by atoms with van der Waals surface area (Å²) in [4.78, 5) is 2.24. The van der Waals surface area contributed by atoms with Crippen molar-refractivity contribution in [1.82, 2.24) is 14.7 Å². The summed E-state index contributed by atoms with van der Waals surface area (Å²) in [6.45, 7) is 7.12. The third-order valence-electron chi connectivity index (χ3n) is 3.32. The molecular formula is C13H26N4O. The molecule has 0 saturated heterocycles. The lowest BCUT2D eigenvalue weighted by molar-refractivity contribution is 0.101. The molecule has 5 heteroatoms. The molecule has 0 radical (unpaired) electrons. The van der Waals surface area contributed by atoms with E-state index >= 15 is 0 Å². The topological polar surface area (TPSA) is 67.3 Å². The van der Waals surface area contributed by atoms with Crippen molar-refractivity contribution in [2.24, 2.45) is 12.8 Å². The summed E-state index contributed by atoms with van der Waals surface area (Å²) in [5, 5.41) is 13.5. The highest BCUT2D eigenvalue weighted by Gasteiger charge is 2.28. The number of hydrogen-bond donors (Lipinski definition) is 2. The molecule has 0 saturated carbocycles. The summed E-state index contributed by atoms with van der Waals surface area (Å²) < 4.78 is 1.79. The van der Waals surface area contributed by atoms with Crippen LogP contribution in [0.1, 0.15) is 38.8 Å². The van der Waals surface area contributed by atoms with Crippen molar-refractivity contribution in [3.8, 4) is 0 Å². The third-order valence-corrected chi connectivity index (χ3v) is 3.32. The fraction of sp³-hybridized carbons (Fsp3) is 0.769. The van der Waals surface area contributed by atoms with E-state index in [9.17, 15) is 5.11 Å². The number of aliphatic hydroxyl groups excluding tert-OH is 1. The van der Waals surface area contributed by atoms with Gasteiger partial charge in [0.05, 0.1) is 18.8 Å². The summed E-state index contributed by atoms with van der Waals surface area (Å²) in [6, 6.07) is 0.485. The summed E-state index contributed by atoms with van der Waals surface area (Å²) >= 11 is 0. The van der Waals surface area contributed by atoms with Gasteiger partial charge in [0, 0.05) is 37.4 Å². The highest BCUT2D eigenvalue weighted by Crippen LogP contribution is 2.26. The molecule has 0 fully saturated rings. The molecule has 1 rings (SSSR count). The highest BCUT2D eigenvalue weighted by molar-refractivity contribution is 5.13. The summed E-state index contributed by atoms with van der Waals surface area (Å²) in [6.07, 6.45) is 4.77. The van der Waals surface area contributed by atoms with Crippen molar-refractivity contribution >= 4 is 0 Å². The van der Waals surface area contributed by atoms with Crippen molar-refractivity contribution in [2.75, 3.05) is 13.2 Å². The molecule has 0 amide bonds. The van der Waals surface area contributed by atoms with E-state index in [4.69, 9.17) is 5.73 Å². The van der Waals surface area contributed by atoms with Crippen LogP contribution in [-0.2, 0) is 7.05 Å². The normalized spacial score (nSPS) is 15.3. The average Bonchev–Trinajstić information content (AvgIpc) is 2.74. The van der Waals surface area contributed by atoms with E-state index in [1.807, 2.05) is 19.4 Å². The van der Waals surface area contributed by atoms with Gasteiger partial charge < -0.3 is 10.8 Å². The molecule has 0 spiro atoms. The number of nitrogens with zero attached hydrogens (tertiary/aromatic N) is 3. The molecule has 0 aromatic carbocycles. The second-order valence-corrected chi connectivity index (χ2v) is 5.02. The maximum Gasteiger partial charge on any atom is 0.0558 e. The summed E-state index contributed by atoms with van der Waals surface area (Å²) in [5.41, 5.74) is 7.39. The predicted octanol–water partition coefficient (Wildman–Crippen LogP) is 0.901. The maximum absolute atomic E-state index is 9.24. The third kappa shape index (κ3) is 3.54. The van der Waals surface area contributed by atoms with Crippen LogP contribution in [0.25, 0.3) is 0 Å². The van der Waals surface area contributed by atoms with Gasteiger partial charge in [0.1, 0.15) is 0 Å². The number of aryl methyl sites for hydroxylation is 1. The first kappa shape index (κ1) is 15.1. The van der Waals surface area contributed by atoms with E-state index in [0.717, 1.165) is 12.0 Å². The number of rotatable bonds is 7. The number of hydrogen-bond acceptors (Lipinski definition) is 4. The Labute approximate surface area is 110 Å². The zero-order chi connectivity index (χ0) is 13.7. The molecule has 2 atom stereocenters. The van der Waals surface area contributed by atoms with E-state index in [1.165, 1.54) is 0 Å². The van der Waals surface area contributed by atoms with Crippen LogP contribution in [0.5, 0.6) is 0 Å². The number of nitrogens with two attached hydrogens (primary N) is 1. The number of aromatic nitrogens is 2. The Bertz CT molecular complexity index is 351. The van der Waals surface area contributed by atoms with Crippen LogP contribution in [0.3, 0.4) is 0 Å². The quantitative estimate of drug-likeness (QED) is 0.758. The smallest absolute Gasteiger partial charge is 0.0558 e. The van der Waals surface area contributed by atoms with E-state index in [-0.39, 0.29) is 18.7 Å². The van der Waals surface area contributed by atoms with Gasteiger partial charge in [-0.2, -0.15) is 5.10 Å². The van der Waals surface area contributed by atoms with Gasteiger partial charge in [0.15, 0.2) is 0 Å². The Morgan fingerprint density at radius 2 is 2.17 bits per heavy atom. The van der Waals surface area contributed by atoms with E-state index in [2.05, 4.69) is 30.8 Å². The van der Waals surface area contributed by atoms with E-state index < -0.39 is 0 Å². The Morgan fingerprint density at radius 3 is 2.56 bits per heavy atom. The van der Waals surface area contributed by atoms with Gasteiger partial charge in [0.25, 0.3) is 0 Å². The van der Waals surface area contributed by atoms with E-state index in [0.29, 0.717) is 12.6 Å². The molecule has 0 bridgehead atoms. The van der Waals surface area contributed by atoms with E-state index in [1.54, 1.807) is 4.68 Å². The molecule has 104 valence electrons. The van der Waals surface area contributed by atoms with Gasteiger partial charge in [0.2, 0.25) is 0 Å². The molecule has 0 aliphatic carbocycles. The lowest BCUT2D eigenvalue weighted by Gasteiger charge is -2.37. The molecule has 5 nitrogen and oxygen atoms in total. The Morgan fingerprint density at radius 1 is 1.50 bits per heavy atom. The van der Waals surface area contributed by atoms with Crippen molar-refractivity contribution in [1.29, 1.82) is 0 Å². The summed E-state index contributed by atoms with van der Waals surface area (Å²) in [7, 11) is 1.91. The van der Waals surface area contributed by atoms with Crippen molar-refractivity contribution in [3.63, 3.8) is 0 Å². The first-order valence-corrected chi connectivity index (χ1v) is 6.62. The SMILES string of the molecule is CCC(N)C(c1cnn(C)c1)N(CCO)C(C)C. The molecule has 18 heavy (non-hydrogen) atoms. The van der Waals surface area contributed by atoms with Crippen LogP contribution < -0.4 is 5.73 Å². The minimum Gasteiger partial charge on any atom is -0.395 e. The molecule has 3 N–H and O–H groups in total. The first-order chi connectivity index (χ1) is 8.51.